The first-order valence-corrected chi connectivity index (χ1v) is 4.72. The van der Waals surface area contributed by atoms with Crippen molar-refractivity contribution in [2.45, 2.75) is 44.2 Å². The monoisotopic (exact) mass is 155 g/mol. The molecule has 4 atom stereocenters. The molecule has 2 rings (SSSR count). The molecule has 0 aliphatic heterocycles. The minimum absolute atomic E-state index is 0.0723. The molecule has 2 fully saturated rings. The van der Waals surface area contributed by atoms with Gasteiger partial charge in [-0.1, -0.05) is 19.3 Å². The fraction of sp³-hybridized carbons (Fsp3) is 1.00. The Morgan fingerprint density at radius 1 is 1.18 bits per heavy atom. The van der Waals surface area contributed by atoms with Crippen molar-refractivity contribution >= 4 is 0 Å². The smallest absolute Gasteiger partial charge is 0.0721 e. The van der Waals surface area contributed by atoms with E-state index in [0.29, 0.717) is 5.92 Å². The summed E-state index contributed by atoms with van der Waals surface area (Å²) in [6.45, 7) is 0. The highest BCUT2D eigenvalue weighted by atomic mass is 16.3. The second-order valence-electron chi connectivity index (χ2n) is 4.10. The lowest BCUT2D eigenvalue weighted by molar-refractivity contribution is 0.0874. The van der Waals surface area contributed by atoms with Crippen LogP contribution in [0.15, 0.2) is 0 Å². The van der Waals surface area contributed by atoms with Gasteiger partial charge in [0.15, 0.2) is 0 Å². The molecule has 0 spiro atoms. The summed E-state index contributed by atoms with van der Waals surface area (Å²) >= 11 is 0. The quantitative estimate of drug-likeness (QED) is 0.545. The summed E-state index contributed by atoms with van der Waals surface area (Å²) in [6.07, 6.45) is 6.02. The van der Waals surface area contributed by atoms with Crippen molar-refractivity contribution in [3.8, 4) is 0 Å². The first kappa shape index (κ1) is 7.56. The first-order chi connectivity index (χ1) is 5.29. The standard InChI is InChI=1S/C9H17NO/c10-8-5-6-3-1-2-4-7(6)9(8)11/h6-9,11H,1-5,10H2. The minimum atomic E-state index is -0.194. The number of hydrogen-bond acceptors (Lipinski definition) is 2. The Morgan fingerprint density at radius 3 is 2.64 bits per heavy atom. The molecule has 0 heterocycles. The first-order valence-electron chi connectivity index (χ1n) is 4.72. The molecule has 0 saturated heterocycles. The third-order valence-electron chi connectivity index (χ3n) is 3.42. The molecular formula is C9H17NO. The SMILES string of the molecule is NC1CC2CCCCC2C1O. The molecule has 3 N–H and O–H groups in total. The molecule has 4 unspecified atom stereocenters. The van der Waals surface area contributed by atoms with Crippen molar-refractivity contribution in [1.82, 2.24) is 0 Å². The Morgan fingerprint density at radius 2 is 1.91 bits per heavy atom. The summed E-state index contributed by atoms with van der Waals surface area (Å²) in [4.78, 5) is 0. The zero-order valence-electron chi connectivity index (χ0n) is 6.87. The van der Waals surface area contributed by atoms with Crippen molar-refractivity contribution in [2.75, 3.05) is 0 Å². The van der Waals surface area contributed by atoms with Crippen molar-refractivity contribution in [1.29, 1.82) is 0 Å². The third-order valence-corrected chi connectivity index (χ3v) is 3.42. The number of fused-ring (bicyclic) bond motifs is 1. The van der Waals surface area contributed by atoms with E-state index in [1.807, 2.05) is 0 Å². The van der Waals surface area contributed by atoms with Crippen LogP contribution >= 0.6 is 0 Å². The average molecular weight is 155 g/mol. The lowest BCUT2D eigenvalue weighted by Gasteiger charge is -2.26. The number of nitrogens with two attached hydrogens (primary N) is 1. The van der Waals surface area contributed by atoms with E-state index in [9.17, 15) is 5.11 Å². The third kappa shape index (κ3) is 1.18. The molecule has 11 heavy (non-hydrogen) atoms. The Kier molecular flexibility index (Phi) is 1.90. The number of rotatable bonds is 0. The van der Waals surface area contributed by atoms with E-state index in [2.05, 4.69) is 0 Å². The van der Waals surface area contributed by atoms with Gasteiger partial charge in [-0.2, -0.15) is 0 Å². The molecule has 2 nitrogen and oxygen atoms in total. The summed E-state index contributed by atoms with van der Waals surface area (Å²) in [5, 5.41) is 9.67. The van der Waals surface area contributed by atoms with Crippen LogP contribution in [0.5, 0.6) is 0 Å². The average Bonchev–Trinajstić information content (AvgIpc) is 2.30. The Bertz CT molecular complexity index is 148. The maximum atomic E-state index is 9.67. The van der Waals surface area contributed by atoms with E-state index in [4.69, 9.17) is 5.73 Å². The molecule has 2 aliphatic carbocycles. The highest BCUT2D eigenvalue weighted by Gasteiger charge is 2.41. The minimum Gasteiger partial charge on any atom is -0.391 e. The molecule has 0 aromatic carbocycles. The van der Waals surface area contributed by atoms with Crippen LogP contribution in [0.4, 0.5) is 0 Å². The van der Waals surface area contributed by atoms with Crippen LogP contribution in [0, 0.1) is 11.8 Å². The molecule has 0 amide bonds. The van der Waals surface area contributed by atoms with Gasteiger partial charge in [-0.25, -0.2) is 0 Å². The molecule has 0 aromatic heterocycles. The highest BCUT2D eigenvalue weighted by Crippen LogP contribution is 2.41. The molecule has 0 bridgehead atoms. The molecule has 64 valence electrons. The van der Waals surface area contributed by atoms with Gasteiger partial charge in [0.05, 0.1) is 6.10 Å². The van der Waals surface area contributed by atoms with Crippen molar-refractivity contribution in [3.63, 3.8) is 0 Å². The van der Waals surface area contributed by atoms with Gasteiger partial charge in [-0.15, -0.1) is 0 Å². The molecular weight excluding hydrogens is 138 g/mol. The highest BCUT2D eigenvalue weighted by molar-refractivity contribution is 4.94. The van der Waals surface area contributed by atoms with Gasteiger partial charge in [-0.3, -0.25) is 0 Å². The van der Waals surface area contributed by atoms with Crippen LogP contribution in [-0.4, -0.2) is 17.3 Å². The maximum Gasteiger partial charge on any atom is 0.0721 e. The summed E-state index contributed by atoms with van der Waals surface area (Å²) in [7, 11) is 0. The summed E-state index contributed by atoms with van der Waals surface area (Å²) in [6, 6.07) is 0.0723. The van der Waals surface area contributed by atoms with Gasteiger partial charge in [0, 0.05) is 6.04 Å². The van der Waals surface area contributed by atoms with Gasteiger partial charge in [0.25, 0.3) is 0 Å². The van der Waals surface area contributed by atoms with E-state index in [0.717, 1.165) is 12.3 Å². The van der Waals surface area contributed by atoms with Gasteiger partial charge in [0.2, 0.25) is 0 Å². The Labute approximate surface area is 67.8 Å². The summed E-state index contributed by atoms with van der Waals surface area (Å²) < 4.78 is 0. The number of aliphatic hydroxyl groups excluding tert-OH is 1. The fourth-order valence-electron chi connectivity index (χ4n) is 2.79. The predicted octanol–water partition coefficient (Wildman–Crippen LogP) is 0.885. The van der Waals surface area contributed by atoms with Crippen LogP contribution in [0.3, 0.4) is 0 Å². The molecule has 0 aromatic rings. The molecule has 2 heteroatoms. The molecule has 2 aliphatic rings. The molecule has 0 radical (unpaired) electrons. The van der Waals surface area contributed by atoms with Gasteiger partial charge in [-0.05, 0) is 24.7 Å². The van der Waals surface area contributed by atoms with Crippen LogP contribution < -0.4 is 5.73 Å². The van der Waals surface area contributed by atoms with Crippen LogP contribution in [0.2, 0.25) is 0 Å². The van der Waals surface area contributed by atoms with Crippen LogP contribution in [0.25, 0.3) is 0 Å². The second-order valence-corrected chi connectivity index (χ2v) is 4.10. The Balaban J connectivity index is 2.05. The van der Waals surface area contributed by atoms with E-state index in [1.165, 1.54) is 25.7 Å². The topological polar surface area (TPSA) is 46.2 Å². The van der Waals surface area contributed by atoms with Crippen molar-refractivity contribution < 1.29 is 5.11 Å². The van der Waals surface area contributed by atoms with E-state index >= 15 is 0 Å². The summed E-state index contributed by atoms with van der Waals surface area (Å²) in [5.74, 6) is 1.28. The molecule has 2 saturated carbocycles. The fourth-order valence-corrected chi connectivity index (χ4v) is 2.79. The van der Waals surface area contributed by atoms with Gasteiger partial charge >= 0.3 is 0 Å². The maximum absolute atomic E-state index is 9.67. The van der Waals surface area contributed by atoms with Crippen LogP contribution in [-0.2, 0) is 0 Å². The van der Waals surface area contributed by atoms with E-state index in [-0.39, 0.29) is 12.1 Å². The lowest BCUT2D eigenvalue weighted by atomic mass is 9.81. The zero-order chi connectivity index (χ0) is 7.84. The van der Waals surface area contributed by atoms with E-state index in [1.54, 1.807) is 0 Å². The largest absolute Gasteiger partial charge is 0.391 e. The zero-order valence-corrected chi connectivity index (χ0v) is 6.87. The van der Waals surface area contributed by atoms with Crippen molar-refractivity contribution in [2.24, 2.45) is 17.6 Å². The number of aliphatic hydroxyl groups is 1. The van der Waals surface area contributed by atoms with E-state index < -0.39 is 0 Å². The van der Waals surface area contributed by atoms with Crippen LogP contribution in [0.1, 0.15) is 32.1 Å². The summed E-state index contributed by atoms with van der Waals surface area (Å²) in [5.41, 5.74) is 5.79. The Hall–Kier alpha value is -0.0800. The number of hydrogen-bond donors (Lipinski definition) is 2. The van der Waals surface area contributed by atoms with Crippen molar-refractivity contribution in [3.05, 3.63) is 0 Å². The van der Waals surface area contributed by atoms with Gasteiger partial charge in [0.1, 0.15) is 0 Å². The van der Waals surface area contributed by atoms with Gasteiger partial charge < -0.3 is 10.8 Å². The lowest BCUT2D eigenvalue weighted by Crippen LogP contribution is -2.33. The second kappa shape index (κ2) is 2.76. The normalized spacial score (nSPS) is 50.7. The predicted molar refractivity (Wildman–Crippen MR) is 44.0 cm³/mol.